The normalized spacial score (nSPS) is 12.0. The number of hydrogen-bond donors (Lipinski definition) is 2. The van der Waals surface area contributed by atoms with Crippen LogP contribution in [0.1, 0.15) is 6.92 Å². The second-order valence-electron chi connectivity index (χ2n) is 3.37. The first-order chi connectivity index (χ1) is 7.72. The fraction of sp³-hybridized carbons (Fsp3) is 0.455. The van der Waals surface area contributed by atoms with E-state index in [2.05, 4.69) is 5.43 Å². The van der Waals surface area contributed by atoms with Crippen LogP contribution in [0.25, 0.3) is 0 Å². The van der Waals surface area contributed by atoms with Crippen LogP contribution in [-0.2, 0) is 0 Å². The maximum Gasteiger partial charge on any atom is 0.203 e. The number of ether oxygens (including phenoxy) is 3. The number of hydrogen-bond acceptors (Lipinski definition) is 5. The molecule has 16 heavy (non-hydrogen) atoms. The summed E-state index contributed by atoms with van der Waals surface area (Å²) < 4.78 is 16.0. The van der Waals surface area contributed by atoms with Crippen LogP contribution in [0.4, 0.5) is 0 Å². The third kappa shape index (κ3) is 3.01. The summed E-state index contributed by atoms with van der Waals surface area (Å²) in [6.07, 6.45) is 0. The lowest BCUT2D eigenvalue weighted by atomic mass is 10.3. The Labute approximate surface area is 95.5 Å². The van der Waals surface area contributed by atoms with E-state index >= 15 is 0 Å². The molecular weight excluding hydrogens is 208 g/mol. The van der Waals surface area contributed by atoms with Gasteiger partial charge in [-0.05, 0) is 19.1 Å². The predicted molar refractivity (Wildman–Crippen MR) is 61.8 cm³/mol. The van der Waals surface area contributed by atoms with Crippen LogP contribution in [-0.4, -0.2) is 26.9 Å². The van der Waals surface area contributed by atoms with E-state index in [4.69, 9.17) is 20.1 Å². The molecule has 5 heteroatoms. The van der Waals surface area contributed by atoms with E-state index in [1.54, 1.807) is 14.2 Å². The molecule has 0 fully saturated rings. The van der Waals surface area contributed by atoms with Gasteiger partial charge in [-0.2, -0.15) is 0 Å². The molecule has 90 valence electrons. The molecule has 0 spiro atoms. The van der Waals surface area contributed by atoms with E-state index in [0.717, 1.165) is 0 Å². The highest BCUT2D eigenvalue weighted by Gasteiger charge is 2.12. The molecule has 0 bridgehead atoms. The van der Waals surface area contributed by atoms with Crippen molar-refractivity contribution in [3.8, 4) is 17.2 Å². The van der Waals surface area contributed by atoms with Crippen molar-refractivity contribution in [2.45, 2.75) is 13.0 Å². The fourth-order valence-corrected chi connectivity index (χ4v) is 1.22. The van der Waals surface area contributed by atoms with Crippen molar-refractivity contribution in [2.75, 3.05) is 20.8 Å². The molecular formula is C11H18N2O3. The van der Waals surface area contributed by atoms with Gasteiger partial charge in [0.1, 0.15) is 6.61 Å². The summed E-state index contributed by atoms with van der Waals surface area (Å²) >= 11 is 0. The molecule has 0 aliphatic carbocycles. The van der Waals surface area contributed by atoms with Crippen LogP contribution in [0.5, 0.6) is 17.2 Å². The molecule has 0 heterocycles. The average Bonchev–Trinajstić information content (AvgIpc) is 2.35. The molecule has 0 aliphatic heterocycles. The third-order valence-corrected chi connectivity index (χ3v) is 2.14. The lowest BCUT2D eigenvalue weighted by Gasteiger charge is -2.16. The van der Waals surface area contributed by atoms with Gasteiger partial charge < -0.3 is 14.2 Å². The third-order valence-electron chi connectivity index (χ3n) is 2.14. The fourth-order valence-electron chi connectivity index (χ4n) is 1.22. The Morgan fingerprint density at radius 1 is 1.25 bits per heavy atom. The monoisotopic (exact) mass is 226 g/mol. The average molecular weight is 226 g/mol. The summed E-state index contributed by atoms with van der Waals surface area (Å²) in [5, 5.41) is 0. The molecule has 1 unspecified atom stereocenters. The van der Waals surface area contributed by atoms with Crippen LogP contribution in [0.2, 0.25) is 0 Å². The second-order valence-corrected chi connectivity index (χ2v) is 3.37. The van der Waals surface area contributed by atoms with Crippen LogP contribution >= 0.6 is 0 Å². The van der Waals surface area contributed by atoms with E-state index in [9.17, 15) is 0 Å². The van der Waals surface area contributed by atoms with Gasteiger partial charge in [-0.3, -0.25) is 11.3 Å². The van der Waals surface area contributed by atoms with Gasteiger partial charge >= 0.3 is 0 Å². The molecule has 3 N–H and O–H groups in total. The Balaban J connectivity index is 2.82. The lowest BCUT2D eigenvalue weighted by Crippen LogP contribution is -2.37. The van der Waals surface area contributed by atoms with Gasteiger partial charge in [0.15, 0.2) is 11.5 Å². The summed E-state index contributed by atoms with van der Waals surface area (Å²) in [5.41, 5.74) is 2.60. The number of nitrogens with one attached hydrogen (secondary N) is 1. The smallest absolute Gasteiger partial charge is 0.203 e. The van der Waals surface area contributed by atoms with Gasteiger partial charge in [-0.15, -0.1) is 0 Å². The number of benzene rings is 1. The molecule has 0 saturated heterocycles. The molecule has 1 atom stereocenters. The van der Waals surface area contributed by atoms with Crippen LogP contribution in [0.3, 0.4) is 0 Å². The van der Waals surface area contributed by atoms with E-state index in [1.165, 1.54) is 0 Å². The molecule has 1 aromatic carbocycles. The van der Waals surface area contributed by atoms with Gasteiger partial charge in [0.2, 0.25) is 5.75 Å². The van der Waals surface area contributed by atoms with Gasteiger partial charge in [0.25, 0.3) is 0 Å². The Hall–Kier alpha value is -1.46. The Morgan fingerprint density at radius 2 is 1.81 bits per heavy atom. The number of para-hydroxylation sites is 1. The van der Waals surface area contributed by atoms with Crippen LogP contribution in [0.15, 0.2) is 18.2 Å². The molecule has 0 aliphatic rings. The van der Waals surface area contributed by atoms with Gasteiger partial charge in [0, 0.05) is 0 Å². The quantitative estimate of drug-likeness (QED) is 0.558. The standard InChI is InChI=1S/C11H18N2O3/c1-8(13-12)7-16-11-9(14-2)5-4-6-10(11)15-3/h4-6,8,13H,7,12H2,1-3H3. The Kier molecular flexibility index (Phi) is 4.88. The maximum atomic E-state index is 5.61. The summed E-state index contributed by atoms with van der Waals surface area (Å²) in [4.78, 5) is 0. The van der Waals surface area contributed by atoms with Crippen LogP contribution in [0, 0.1) is 0 Å². The van der Waals surface area contributed by atoms with E-state index in [0.29, 0.717) is 23.9 Å². The molecule has 0 amide bonds. The first kappa shape index (κ1) is 12.6. The highest BCUT2D eigenvalue weighted by Crippen LogP contribution is 2.36. The highest BCUT2D eigenvalue weighted by atomic mass is 16.5. The first-order valence-electron chi connectivity index (χ1n) is 5.02. The number of hydrazine groups is 1. The molecule has 0 aromatic heterocycles. The van der Waals surface area contributed by atoms with E-state index < -0.39 is 0 Å². The predicted octanol–water partition coefficient (Wildman–Crippen LogP) is 0.934. The minimum atomic E-state index is 0.0506. The van der Waals surface area contributed by atoms with Gasteiger partial charge in [-0.25, -0.2) is 0 Å². The largest absolute Gasteiger partial charge is 0.493 e. The van der Waals surface area contributed by atoms with Crippen molar-refractivity contribution in [1.29, 1.82) is 0 Å². The van der Waals surface area contributed by atoms with E-state index in [-0.39, 0.29) is 6.04 Å². The minimum absolute atomic E-state index is 0.0506. The Bertz CT molecular complexity index is 309. The van der Waals surface area contributed by atoms with Crippen molar-refractivity contribution >= 4 is 0 Å². The molecule has 1 aromatic rings. The molecule has 0 radical (unpaired) electrons. The van der Waals surface area contributed by atoms with Crippen molar-refractivity contribution in [1.82, 2.24) is 5.43 Å². The SMILES string of the molecule is COc1cccc(OC)c1OCC(C)NN. The Morgan fingerprint density at radius 3 is 2.25 bits per heavy atom. The number of nitrogens with two attached hydrogens (primary N) is 1. The van der Waals surface area contributed by atoms with Crippen LogP contribution < -0.4 is 25.5 Å². The number of methoxy groups -OCH3 is 2. The van der Waals surface area contributed by atoms with E-state index in [1.807, 2.05) is 25.1 Å². The minimum Gasteiger partial charge on any atom is -0.493 e. The summed E-state index contributed by atoms with van der Waals surface area (Å²) in [6, 6.07) is 5.53. The molecule has 5 nitrogen and oxygen atoms in total. The lowest BCUT2D eigenvalue weighted by molar-refractivity contribution is 0.247. The highest BCUT2D eigenvalue weighted by molar-refractivity contribution is 5.51. The molecule has 1 rings (SSSR count). The van der Waals surface area contributed by atoms with Gasteiger partial charge in [0.05, 0.1) is 20.3 Å². The number of rotatable bonds is 6. The van der Waals surface area contributed by atoms with Crippen molar-refractivity contribution in [2.24, 2.45) is 5.84 Å². The van der Waals surface area contributed by atoms with Crippen molar-refractivity contribution in [3.63, 3.8) is 0 Å². The van der Waals surface area contributed by atoms with Crippen molar-refractivity contribution < 1.29 is 14.2 Å². The summed E-state index contributed by atoms with van der Waals surface area (Å²) in [5.74, 6) is 7.16. The van der Waals surface area contributed by atoms with Crippen molar-refractivity contribution in [3.05, 3.63) is 18.2 Å². The topological polar surface area (TPSA) is 65.7 Å². The first-order valence-corrected chi connectivity index (χ1v) is 5.02. The summed E-state index contributed by atoms with van der Waals surface area (Å²) in [7, 11) is 3.18. The second kappa shape index (κ2) is 6.19. The zero-order valence-electron chi connectivity index (χ0n) is 9.82. The summed E-state index contributed by atoms with van der Waals surface area (Å²) in [6.45, 7) is 2.36. The maximum absolute atomic E-state index is 5.61. The zero-order valence-corrected chi connectivity index (χ0v) is 9.82. The zero-order chi connectivity index (χ0) is 12.0. The molecule has 0 saturated carbocycles. The van der Waals surface area contributed by atoms with Gasteiger partial charge in [-0.1, -0.05) is 6.07 Å².